The topological polar surface area (TPSA) is 307 Å². The minimum atomic E-state index is -4.64. The van der Waals surface area contributed by atoms with E-state index in [2.05, 4.69) is 0 Å². The van der Waals surface area contributed by atoms with Crippen LogP contribution in [0.25, 0.3) is 0 Å². The molecule has 19 nitrogen and oxygen atoms in total. The van der Waals surface area contributed by atoms with E-state index >= 15 is 0 Å². The molecule has 0 aromatic rings. The predicted molar refractivity (Wildman–Crippen MR) is 195 cm³/mol. The van der Waals surface area contributed by atoms with Gasteiger partial charge in [0.1, 0.15) is 18.3 Å². The van der Waals surface area contributed by atoms with Crippen LogP contribution in [0.4, 0.5) is 0 Å². The average Bonchev–Trinajstić information content (AvgIpc) is 3.85. The van der Waals surface area contributed by atoms with Gasteiger partial charge in [-0.3, -0.25) is 9.59 Å². The Morgan fingerprint density at radius 1 is 0.782 bits per heavy atom. The Bertz CT molecular complexity index is 1240. The van der Waals surface area contributed by atoms with Crippen molar-refractivity contribution in [3.8, 4) is 0 Å². The van der Waals surface area contributed by atoms with Crippen molar-refractivity contribution in [3.63, 3.8) is 0 Å². The highest BCUT2D eigenvalue weighted by molar-refractivity contribution is 7.45. The van der Waals surface area contributed by atoms with Gasteiger partial charge in [0.2, 0.25) is 0 Å². The molecule has 10 N–H and O–H groups in total. The fraction of sp³-hybridized carbons (Fsp3) is 0.943. The molecule has 20 heteroatoms. The van der Waals surface area contributed by atoms with Crippen LogP contribution in [0.2, 0.25) is 0 Å². The summed E-state index contributed by atoms with van der Waals surface area (Å²) in [6, 6.07) is -0.219. The molecule has 0 amide bonds. The number of nitrogens with zero attached hydrogens (tertiary/aromatic N) is 1. The molecule has 4 rings (SSSR count). The third kappa shape index (κ3) is 13.4. The molecule has 0 bridgehead atoms. The highest BCUT2D eigenvalue weighted by atomic mass is 31.2. The maximum atomic E-state index is 13.9. The second-order valence-electron chi connectivity index (χ2n) is 15.8. The lowest BCUT2D eigenvalue weighted by Crippen LogP contribution is -2.57. The Labute approximate surface area is 323 Å². The van der Waals surface area contributed by atoms with E-state index in [4.69, 9.17) is 52.4 Å². The van der Waals surface area contributed by atoms with Crippen molar-refractivity contribution in [2.75, 3.05) is 27.8 Å². The Morgan fingerprint density at radius 2 is 1.35 bits per heavy atom. The van der Waals surface area contributed by atoms with Crippen molar-refractivity contribution < 1.29 is 88.3 Å². The van der Waals surface area contributed by atoms with Gasteiger partial charge in [-0.05, 0) is 60.5 Å². The van der Waals surface area contributed by atoms with E-state index in [9.17, 15) is 24.9 Å². The predicted octanol–water partition coefficient (Wildman–Crippen LogP) is -0.669. The van der Waals surface area contributed by atoms with Gasteiger partial charge >= 0.3 is 13.8 Å². The monoisotopic (exact) mass is 821 g/mol. The zero-order chi connectivity index (χ0) is 40.3. The molecule has 55 heavy (non-hydrogen) atoms. The molecule has 0 aliphatic carbocycles. The average molecular weight is 822 g/mol. The van der Waals surface area contributed by atoms with E-state index in [0.29, 0.717) is 6.42 Å². The first-order valence-electron chi connectivity index (χ1n) is 18.4. The van der Waals surface area contributed by atoms with Crippen molar-refractivity contribution in [3.05, 3.63) is 0 Å². The van der Waals surface area contributed by atoms with E-state index in [1.807, 2.05) is 39.8 Å². The van der Waals surface area contributed by atoms with E-state index in [0.717, 1.165) is 0 Å². The van der Waals surface area contributed by atoms with Crippen molar-refractivity contribution >= 4 is 19.6 Å². The molecule has 0 radical (unpaired) electrons. The van der Waals surface area contributed by atoms with Crippen molar-refractivity contribution in [1.29, 1.82) is 0 Å². The largest absolute Gasteiger partial charge is 0.466 e. The van der Waals surface area contributed by atoms with E-state index in [-0.39, 0.29) is 54.2 Å². The molecule has 0 aromatic heterocycles. The maximum Gasteiger partial charge on any atom is 0.466 e. The molecular formula is C35H68NO18P. The standard InChI is InChI=1S/C35H61NO12.H3O4P.2H2O/c1-16-14-35(15-43-35)32(40)19(4)27(37)18(3)22(7)46-33(41)21(6)31(47-26-13-25(42-11)28(38)23(8)45-26)20(5)30(16)48-34-29(39)24(36(9)10)12-17(2)44-34;1-5(2,3)4;;/h16-31,34,37-39H,12-15H2,1-11H3;(H3,1,2,3,4);2*1H2/t16-,17+,18-,19+,20+,21+,22+,23-,24-,25-,26-,27-,28-,29+,30-,31-,34-,35-;;;/m0.../s1. The van der Waals surface area contributed by atoms with Crippen LogP contribution in [0.15, 0.2) is 0 Å². The van der Waals surface area contributed by atoms with Crippen LogP contribution in [-0.2, 0) is 47.3 Å². The molecule has 0 saturated carbocycles. The van der Waals surface area contributed by atoms with Gasteiger partial charge in [0.15, 0.2) is 24.0 Å². The number of aliphatic hydroxyl groups is 3. The lowest BCUT2D eigenvalue weighted by atomic mass is 9.76. The fourth-order valence-corrected chi connectivity index (χ4v) is 7.89. The lowest BCUT2D eigenvalue weighted by Gasteiger charge is -2.46. The second-order valence-corrected chi connectivity index (χ2v) is 16.8. The number of rotatable bonds is 6. The molecule has 4 saturated heterocycles. The summed E-state index contributed by atoms with van der Waals surface area (Å²) in [7, 11) is 0.685. The van der Waals surface area contributed by atoms with Crippen LogP contribution in [-0.4, -0.2) is 165 Å². The third-order valence-corrected chi connectivity index (χ3v) is 11.4. The number of carbonyl (C=O) groups is 2. The lowest BCUT2D eigenvalue weighted by molar-refractivity contribution is -0.299. The number of hydrogen-bond donors (Lipinski definition) is 6. The number of phosphoric acid groups is 1. The highest BCUT2D eigenvalue weighted by Gasteiger charge is 2.57. The first-order valence-corrected chi connectivity index (χ1v) is 20.0. The van der Waals surface area contributed by atoms with Gasteiger partial charge in [-0.1, -0.05) is 27.7 Å². The highest BCUT2D eigenvalue weighted by Crippen LogP contribution is 2.43. The molecule has 4 aliphatic heterocycles. The van der Waals surface area contributed by atoms with E-state index in [1.165, 1.54) is 7.11 Å². The summed E-state index contributed by atoms with van der Waals surface area (Å²) in [5.74, 6) is -3.74. The van der Waals surface area contributed by atoms with Crippen LogP contribution in [0.3, 0.4) is 0 Å². The maximum absolute atomic E-state index is 13.9. The summed E-state index contributed by atoms with van der Waals surface area (Å²) in [5.41, 5.74) is -1.10. The summed E-state index contributed by atoms with van der Waals surface area (Å²) in [5, 5.41) is 33.3. The molecular weight excluding hydrogens is 753 g/mol. The summed E-state index contributed by atoms with van der Waals surface area (Å²) in [6.45, 7) is 14.6. The van der Waals surface area contributed by atoms with Crippen LogP contribution in [0, 0.1) is 29.6 Å². The third-order valence-electron chi connectivity index (χ3n) is 11.4. The first-order chi connectivity index (χ1) is 24.4. The number of methoxy groups -OCH3 is 1. The minimum absolute atomic E-state index is 0. The minimum Gasteiger partial charge on any atom is -0.462 e. The molecule has 326 valence electrons. The summed E-state index contributed by atoms with van der Waals surface area (Å²) >= 11 is 0. The van der Waals surface area contributed by atoms with Crippen molar-refractivity contribution in [2.45, 2.75) is 154 Å². The van der Waals surface area contributed by atoms with E-state index < -0.39 is 104 Å². The normalized spacial score (nSPS) is 44.6. The number of cyclic esters (lactones) is 1. The molecule has 0 unspecified atom stereocenters. The van der Waals surface area contributed by atoms with Gasteiger partial charge in [-0.25, -0.2) is 4.57 Å². The number of epoxide rings is 1. The number of Topliss-reactive ketones (excluding diaryl/α,β-unsaturated/α-hetero) is 1. The number of likely N-dealkylation sites (N-methyl/N-ethyl adjacent to an activating group) is 1. The van der Waals surface area contributed by atoms with Gasteiger partial charge in [0.25, 0.3) is 0 Å². The Morgan fingerprint density at radius 3 is 1.85 bits per heavy atom. The smallest absolute Gasteiger partial charge is 0.462 e. The number of aliphatic hydroxyl groups excluding tert-OH is 3. The van der Waals surface area contributed by atoms with Gasteiger partial charge in [0.05, 0.1) is 49.1 Å². The molecule has 4 heterocycles. The zero-order valence-corrected chi connectivity index (χ0v) is 34.7. The first kappa shape index (κ1) is 51.8. The molecule has 1 spiro atoms. The van der Waals surface area contributed by atoms with Crippen LogP contribution in [0.1, 0.15) is 74.7 Å². The van der Waals surface area contributed by atoms with Gasteiger partial charge < -0.3 is 79.0 Å². The van der Waals surface area contributed by atoms with Gasteiger partial charge in [-0.2, -0.15) is 0 Å². The summed E-state index contributed by atoms with van der Waals surface area (Å²) in [6.07, 6.45) is -7.15. The van der Waals surface area contributed by atoms with Gasteiger partial charge in [0, 0.05) is 37.3 Å². The van der Waals surface area contributed by atoms with Crippen molar-refractivity contribution in [1.82, 2.24) is 4.90 Å². The quantitative estimate of drug-likeness (QED) is 0.110. The molecule has 0 aromatic carbocycles. The number of carbonyl (C=O) groups excluding carboxylic acids is 2. The van der Waals surface area contributed by atoms with Gasteiger partial charge in [-0.15, -0.1) is 0 Å². The SMILES string of the molecule is CO[C@H]1C[C@H](O[C@H]2[C@H](C)[C@@H](O[C@@H]3O[C@H](C)C[C@H](N(C)C)[C@H]3O)[C@@H](C)C[C@]3(CO3)C(=O)[C@H](C)[C@@H](O)[C@@H](C)[C@@H](C)OC(=O)[C@@H]2C)O[C@@H](C)[C@@H]1O.O.O.O=P(O)(O)O. The van der Waals surface area contributed by atoms with Crippen molar-refractivity contribution in [2.24, 2.45) is 29.6 Å². The summed E-state index contributed by atoms with van der Waals surface area (Å²) < 4.78 is 51.9. The number of hydrogen-bond acceptors (Lipinski definition) is 14. The van der Waals surface area contributed by atoms with Crippen LogP contribution in [0.5, 0.6) is 0 Å². The van der Waals surface area contributed by atoms with Crippen LogP contribution >= 0.6 is 7.82 Å². The summed E-state index contributed by atoms with van der Waals surface area (Å²) in [4.78, 5) is 51.2. The molecule has 18 atom stereocenters. The number of ketones is 1. The van der Waals surface area contributed by atoms with Crippen LogP contribution < -0.4 is 0 Å². The molecule has 4 aliphatic rings. The number of esters is 1. The number of ether oxygens (including phenoxy) is 7. The Balaban J connectivity index is 0.00000203. The Kier molecular flexibility index (Phi) is 19.9. The zero-order valence-electron chi connectivity index (χ0n) is 33.8. The fourth-order valence-electron chi connectivity index (χ4n) is 7.89. The Hall–Kier alpha value is -1.23. The van der Waals surface area contributed by atoms with E-state index in [1.54, 1.807) is 34.6 Å². The molecule has 4 fully saturated rings. The second kappa shape index (κ2) is 21.2.